The summed E-state index contributed by atoms with van der Waals surface area (Å²) in [4.78, 5) is 0.237. The lowest BCUT2D eigenvalue weighted by molar-refractivity contribution is 0.210. The van der Waals surface area contributed by atoms with Crippen molar-refractivity contribution >= 4 is 15.7 Å². The highest BCUT2D eigenvalue weighted by atomic mass is 32.2. The Labute approximate surface area is 200 Å². The SMILES string of the molecule is COc1ccc(-c2ccc3c(c2)[C@@H]2[C@@H](CCN2S(=O)(=O)c2ccc(OC)cc2)[C@@H](CO)N3)cc1. The van der Waals surface area contributed by atoms with E-state index in [0.29, 0.717) is 18.7 Å². The van der Waals surface area contributed by atoms with Crippen molar-refractivity contribution in [2.24, 2.45) is 5.92 Å². The lowest BCUT2D eigenvalue weighted by Crippen LogP contribution is -2.42. The molecule has 1 saturated heterocycles. The number of nitrogens with one attached hydrogen (secondary N) is 1. The van der Waals surface area contributed by atoms with Crippen LogP contribution in [0.15, 0.2) is 71.6 Å². The predicted molar refractivity (Wildman–Crippen MR) is 131 cm³/mol. The summed E-state index contributed by atoms with van der Waals surface area (Å²) in [5.41, 5.74) is 3.80. The first-order valence-corrected chi connectivity index (χ1v) is 12.7. The molecule has 0 unspecified atom stereocenters. The van der Waals surface area contributed by atoms with Gasteiger partial charge < -0.3 is 19.9 Å². The average molecular weight is 481 g/mol. The average Bonchev–Trinajstić information content (AvgIpc) is 3.34. The van der Waals surface area contributed by atoms with Crippen LogP contribution >= 0.6 is 0 Å². The minimum atomic E-state index is -3.74. The van der Waals surface area contributed by atoms with E-state index in [0.717, 1.165) is 28.1 Å². The summed E-state index contributed by atoms with van der Waals surface area (Å²) >= 11 is 0. The number of aliphatic hydroxyl groups is 1. The van der Waals surface area contributed by atoms with Crippen LogP contribution < -0.4 is 14.8 Å². The summed E-state index contributed by atoms with van der Waals surface area (Å²) < 4.78 is 39.5. The number of methoxy groups -OCH3 is 2. The monoisotopic (exact) mass is 480 g/mol. The lowest BCUT2D eigenvalue weighted by Gasteiger charge is -2.39. The van der Waals surface area contributed by atoms with Gasteiger partial charge in [0, 0.05) is 18.2 Å². The maximum Gasteiger partial charge on any atom is 0.243 e. The Balaban J connectivity index is 1.57. The van der Waals surface area contributed by atoms with Gasteiger partial charge in [-0.15, -0.1) is 0 Å². The van der Waals surface area contributed by atoms with Gasteiger partial charge in [-0.3, -0.25) is 0 Å². The zero-order chi connectivity index (χ0) is 23.9. The third-order valence-corrected chi connectivity index (χ3v) is 8.81. The van der Waals surface area contributed by atoms with Crippen molar-refractivity contribution in [3.8, 4) is 22.6 Å². The van der Waals surface area contributed by atoms with Crippen LogP contribution in [0.3, 0.4) is 0 Å². The minimum absolute atomic E-state index is 0.0309. The van der Waals surface area contributed by atoms with Gasteiger partial charge in [-0.1, -0.05) is 18.2 Å². The molecule has 0 bridgehead atoms. The zero-order valence-corrected chi connectivity index (χ0v) is 20.0. The molecular formula is C26H28N2O5S. The summed E-state index contributed by atoms with van der Waals surface area (Å²) in [6, 6.07) is 19.8. The van der Waals surface area contributed by atoms with E-state index < -0.39 is 10.0 Å². The number of rotatable bonds is 6. The molecule has 0 radical (unpaired) electrons. The van der Waals surface area contributed by atoms with Crippen molar-refractivity contribution in [3.63, 3.8) is 0 Å². The predicted octanol–water partition coefficient (Wildman–Crippen LogP) is 3.91. The smallest absolute Gasteiger partial charge is 0.243 e. The quantitative estimate of drug-likeness (QED) is 0.556. The molecule has 178 valence electrons. The van der Waals surface area contributed by atoms with Crippen LogP contribution in [-0.4, -0.2) is 51.2 Å². The molecule has 2 aliphatic rings. The number of sulfonamides is 1. The Bertz CT molecular complexity index is 1280. The molecule has 2 aliphatic heterocycles. The first kappa shape index (κ1) is 22.7. The lowest BCUT2D eigenvalue weighted by atomic mass is 9.82. The van der Waals surface area contributed by atoms with Gasteiger partial charge in [-0.25, -0.2) is 8.42 Å². The van der Waals surface area contributed by atoms with Crippen LogP contribution in [0.1, 0.15) is 18.0 Å². The Kier molecular flexibility index (Phi) is 5.97. The second kappa shape index (κ2) is 8.94. The Hall–Kier alpha value is -3.07. The molecule has 3 aromatic rings. The highest BCUT2D eigenvalue weighted by Gasteiger charge is 2.48. The molecule has 0 amide bonds. The topological polar surface area (TPSA) is 88.1 Å². The molecule has 2 heterocycles. The number of hydrogen-bond donors (Lipinski definition) is 2. The second-order valence-corrected chi connectivity index (χ2v) is 10.5. The molecule has 8 heteroatoms. The van der Waals surface area contributed by atoms with Crippen LogP contribution in [0.5, 0.6) is 11.5 Å². The molecule has 0 saturated carbocycles. The fourth-order valence-corrected chi connectivity index (χ4v) is 6.80. The number of fused-ring (bicyclic) bond motifs is 3. The van der Waals surface area contributed by atoms with Crippen LogP contribution in [-0.2, 0) is 10.0 Å². The molecule has 5 rings (SSSR count). The Morgan fingerprint density at radius 3 is 2.18 bits per heavy atom. The van der Waals surface area contributed by atoms with E-state index in [1.54, 1.807) is 42.8 Å². The van der Waals surface area contributed by atoms with Crippen LogP contribution in [0.4, 0.5) is 5.69 Å². The number of nitrogens with zero attached hydrogens (tertiary/aromatic N) is 1. The molecule has 3 aromatic carbocycles. The first-order valence-electron chi connectivity index (χ1n) is 11.3. The highest BCUT2D eigenvalue weighted by Crippen LogP contribution is 2.49. The van der Waals surface area contributed by atoms with Crippen molar-refractivity contribution in [1.29, 1.82) is 0 Å². The van der Waals surface area contributed by atoms with E-state index in [9.17, 15) is 13.5 Å². The van der Waals surface area contributed by atoms with Gasteiger partial charge >= 0.3 is 0 Å². The van der Waals surface area contributed by atoms with Crippen LogP contribution in [0.2, 0.25) is 0 Å². The zero-order valence-electron chi connectivity index (χ0n) is 19.1. The van der Waals surface area contributed by atoms with Crippen molar-refractivity contribution in [2.45, 2.75) is 23.4 Å². The summed E-state index contributed by atoms with van der Waals surface area (Å²) in [6.45, 7) is 0.339. The number of hydrogen-bond acceptors (Lipinski definition) is 6. The van der Waals surface area contributed by atoms with E-state index in [1.807, 2.05) is 36.4 Å². The fourth-order valence-electron chi connectivity index (χ4n) is 5.14. The van der Waals surface area contributed by atoms with Gasteiger partial charge in [0.15, 0.2) is 0 Å². The Morgan fingerprint density at radius 2 is 1.56 bits per heavy atom. The Morgan fingerprint density at radius 1 is 0.941 bits per heavy atom. The normalized spacial score (nSPS) is 21.9. The molecule has 0 aromatic heterocycles. The molecule has 1 fully saturated rings. The summed E-state index contributed by atoms with van der Waals surface area (Å²) in [6.07, 6.45) is 0.671. The second-order valence-electron chi connectivity index (χ2n) is 8.65. The third-order valence-electron chi connectivity index (χ3n) is 6.91. The first-order chi connectivity index (χ1) is 16.5. The van der Waals surface area contributed by atoms with Crippen LogP contribution in [0.25, 0.3) is 11.1 Å². The maximum absolute atomic E-state index is 13.7. The number of ether oxygens (including phenoxy) is 2. The summed E-state index contributed by atoms with van der Waals surface area (Å²) in [5.74, 6) is 1.35. The van der Waals surface area contributed by atoms with Crippen molar-refractivity contribution in [2.75, 3.05) is 32.7 Å². The summed E-state index contributed by atoms with van der Waals surface area (Å²) in [5, 5.41) is 13.5. The number of anilines is 1. The minimum Gasteiger partial charge on any atom is -0.497 e. The van der Waals surface area contributed by atoms with Crippen molar-refractivity contribution < 1.29 is 23.0 Å². The largest absolute Gasteiger partial charge is 0.497 e. The van der Waals surface area contributed by atoms with Gasteiger partial charge in [0.05, 0.1) is 37.8 Å². The fraction of sp³-hybridized carbons (Fsp3) is 0.308. The van der Waals surface area contributed by atoms with Crippen molar-refractivity contribution in [3.05, 3.63) is 72.3 Å². The number of aliphatic hydroxyl groups excluding tert-OH is 1. The van der Waals surface area contributed by atoms with Gasteiger partial charge in [0.1, 0.15) is 11.5 Å². The van der Waals surface area contributed by atoms with E-state index >= 15 is 0 Å². The van der Waals surface area contributed by atoms with E-state index in [1.165, 1.54) is 0 Å². The number of benzene rings is 3. The molecule has 3 atom stereocenters. The molecule has 34 heavy (non-hydrogen) atoms. The standard InChI is InChI=1S/C26H28N2O5S/c1-32-19-6-3-17(4-7-19)18-5-12-24-23(15-18)26-22(25(16-29)27-24)13-14-28(26)34(30,31)21-10-8-20(33-2)9-11-21/h3-12,15,22,25-27,29H,13-14,16H2,1-2H3/t22-,25+,26-/m0/s1. The molecule has 2 N–H and O–H groups in total. The molecule has 0 aliphatic carbocycles. The van der Waals surface area contributed by atoms with Gasteiger partial charge in [-0.2, -0.15) is 4.31 Å². The summed E-state index contributed by atoms with van der Waals surface area (Å²) in [7, 11) is -0.557. The van der Waals surface area contributed by atoms with Gasteiger partial charge in [-0.05, 0) is 71.6 Å². The van der Waals surface area contributed by atoms with Crippen molar-refractivity contribution in [1.82, 2.24) is 4.31 Å². The maximum atomic E-state index is 13.7. The van der Waals surface area contributed by atoms with Gasteiger partial charge in [0.2, 0.25) is 10.0 Å². The van der Waals surface area contributed by atoms with E-state index in [2.05, 4.69) is 11.4 Å². The van der Waals surface area contributed by atoms with Crippen LogP contribution in [0, 0.1) is 5.92 Å². The molecule has 0 spiro atoms. The van der Waals surface area contributed by atoms with E-state index in [4.69, 9.17) is 9.47 Å². The highest BCUT2D eigenvalue weighted by molar-refractivity contribution is 7.89. The van der Waals surface area contributed by atoms with E-state index in [-0.39, 0.29) is 29.5 Å². The van der Waals surface area contributed by atoms with Gasteiger partial charge in [0.25, 0.3) is 0 Å². The molecule has 7 nitrogen and oxygen atoms in total. The third kappa shape index (κ3) is 3.81. The molecular weight excluding hydrogens is 452 g/mol.